The van der Waals surface area contributed by atoms with E-state index in [2.05, 4.69) is 15.5 Å². The number of rotatable bonds is 8. The van der Waals surface area contributed by atoms with Crippen molar-refractivity contribution in [1.82, 2.24) is 10.4 Å². The molecule has 0 unspecified atom stereocenters. The standard InChI is InChI=1S/C27H25ClN4O4S/c1-18-9-12-25(19(2)13-18)32(37(34,35)23-7-5-4-6-8-23)17-26(33)31-29-16-21-14-20-10-11-22(36-3)15-24(20)30-27(21)28/h4-16H,17H2,1-3H3,(H,31,33)/b29-16-. The Morgan fingerprint density at radius 1 is 1.08 bits per heavy atom. The normalized spacial score (nSPS) is 11.6. The molecule has 1 amide bonds. The largest absolute Gasteiger partial charge is 0.497 e. The summed E-state index contributed by atoms with van der Waals surface area (Å²) in [5, 5.41) is 5.00. The predicted molar refractivity (Wildman–Crippen MR) is 146 cm³/mol. The van der Waals surface area contributed by atoms with Crippen LogP contribution in [0.2, 0.25) is 5.15 Å². The Morgan fingerprint density at radius 2 is 1.84 bits per heavy atom. The number of nitrogens with zero attached hydrogens (tertiary/aromatic N) is 3. The number of hydrazone groups is 1. The van der Waals surface area contributed by atoms with Crippen molar-refractivity contribution < 1.29 is 17.9 Å². The maximum absolute atomic E-state index is 13.5. The molecule has 0 aliphatic carbocycles. The van der Waals surface area contributed by atoms with E-state index in [1.54, 1.807) is 62.6 Å². The first-order chi connectivity index (χ1) is 17.7. The summed E-state index contributed by atoms with van der Waals surface area (Å²) in [6, 6.07) is 20.5. The summed E-state index contributed by atoms with van der Waals surface area (Å²) >= 11 is 6.29. The van der Waals surface area contributed by atoms with Crippen LogP contribution in [0.25, 0.3) is 10.9 Å². The van der Waals surface area contributed by atoms with Crippen molar-refractivity contribution in [1.29, 1.82) is 0 Å². The number of anilines is 1. The van der Waals surface area contributed by atoms with E-state index in [4.69, 9.17) is 16.3 Å². The number of methoxy groups -OCH3 is 1. The fourth-order valence-electron chi connectivity index (χ4n) is 3.80. The quantitative estimate of drug-likeness (QED) is 0.197. The lowest BCUT2D eigenvalue weighted by atomic mass is 10.1. The highest BCUT2D eigenvalue weighted by Gasteiger charge is 2.28. The fourth-order valence-corrected chi connectivity index (χ4v) is 5.50. The molecule has 0 bridgehead atoms. The van der Waals surface area contributed by atoms with Gasteiger partial charge in [0.2, 0.25) is 0 Å². The molecule has 1 aromatic heterocycles. The Hall–Kier alpha value is -3.95. The van der Waals surface area contributed by atoms with Crippen LogP contribution < -0.4 is 14.5 Å². The van der Waals surface area contributed by atoms with Gasteiger partial charge in [-0.3, -0.25) is 9.10 Å². The zero-order valence-corrected chi connectivity index (χ0v) is 22.0. The lowest BCUT2D eigenvalue weighted by Crippen LogP contribution is -2.40. The second kappa shape index (κ2) is 11.0. The summed E-state index contributed by atoms with van der Waals surface area (Å²) in [7, 11) is -2.45. The Morgan fingerprint density at radius 3 is 2.54 bits per heavy atom. The molecule has 0 saturated heterocycles. The molecule has 8 nitrogen and oxygen atoms in total. The van der Waals surface area contributed by atoms with Crippen molar-refractivity contribution in [3.8, 4) is 5.75 Å². The van der Waals surface area contributed by atoms with Crippen molar-refractivity contribution in [3.05, 3.63) is 94.6 Å². The molecule has 0 atom stereocenters. The molecule has 1 N–H and O–H groups in total. The third-order valence-corrected chi connectivity index (χ3v) is 7.71. The maximum atomic E-state index is 13.5. The van der Waals surface area contributed by atoms with Crippen LogP contribution in [0.5, 0.6) is 5.75 Å². The topological polar surface area (TPSA) is 101 Å². The molecule has 4 aromatic rings. The van der Waals surface area contributed by atoms with Crippen LogP contribution in [0.1, 0.15) is 16.7 Å². The number of hydrogen-bond donors (Lipinski definition) is 1. The van der Waals surface area contributed by atoms with E-state index in [0.717, 1.165) is 20.8 Å². The molecular formula is C27H25ClN4O4S. The van der Waals surface area contributed by atoms with Crippen LogP contribution in [0.3, 0.4) is 0 Å². The Bertz CT molecular complexity index is 1590. The minimum absolute atomic E-state index is 0.0805. The van der Waals surface area contributed by atoms with E-state index in [-0.39, 0.29) is 10.0 Å². The molecule has 1 heterocycles. The van der Waals surface area contributed by atoms with Gasteiger partial charge in [0.05, 0.1) is 29.4 Å². The molecule has 10 heteroatoms. The third-order valence-electron chi connectivity index (χ3n) is 5.64. The van der Waals surface area contributed by atoms with Crippen LogP contribution in [-0.4, -0.2) is 39.2 Å². The SMILES string of the molecule is COc1ccc2cc(/C=N\NC(=O)CN(c3ccc(C)cc3C)S(=O)(=O)c3ccccc3)c(Cl)nc2c1. The lowest BCUT2D eigenvalue weighted by Gasteiger charge is -2.25. The van der Waals surface area contributed by atoms with Crippen LogP contribution in [0, 0.1) is 13.8 Å². The van der Waals surface area contributed by atoms with Crippen molar-refractivity contribution in [2.75, 3.05) is 18.0 Å². The van der Waals surface area contributed by atoms with Crippen LogP contribution >= 0.6 is 11.6 Å². The number of carbonyl (C=O) groups excluding carboxylic acids is 1. The highest BCUT2D eigenvalue weighted by Crippen LogP contribution is 2.27. The van der Waals surface area contributed by atoms with Gasteiger partial charge in [-0.05, 0) is 55.8 Å². The second-order valence-corrected chi connectivity index (χ2v) is 10.6. The molecule has 37 heavy (non-hydrogen) atoms. The zero-order valence-electron chi connectivity index (χ0n) is 20.5. The number of carbonyl (C=O) groups is 1. The highest BCUT2D eigenvalue weighted by molar-refractivity contribution is 7.92. The number of nitrogens with one attached hydrogen (secondary N) is 1. The molecule has 0 aliphatic heterocycles. The lowest BCUT2D eigenvalue weighted by molar-refractivity contribution is -0.119. The number of halogens is 1. The summed E-state index contributed by atoms with van der Waals surface area (Å²) in [4.78, 5) is 17.3. The Balaban J connectivity index is 1.57. The first kappa shape index (κ1) is 26.1. The van der Waals surface area contributed by atoms with Crippen molar-refractivity contribution in [2.45, 2.75) is 18.7 Å². The van der Waals surface area contributed by atoms with Gasteiger partial charge in [0.15, 0.2) is 0 Å². The van der Waals surface area contributed by atoms with E-state index in [9.17, 15) is 13.2 Å². The van der Waals surface area contributed by atoms with Gasteiger partial charge in [-0.1, -0.05) is 47.5 Å². The van der Waals surface area contributed by atoms with Gasteiger partial charge in [-0.25, -0.2) is 18.8 Å². The number of sulfonamides is 1. The van der Waals surface area contributed by atoms with E-state index < -0.39 is 22.5 Å². The van der Waals surface area contributed by atoms with Gasteiger partial charge in [-0.2, -0.15) is 5.10 Å². The molecule has 0 saturated carbocycles. The summed E-state index contributed by atoms with van der Waals surface area (Å²) in [5.41, 5.74) is 5.65. The molecule has 190 valence electrons. The van der Waals surface area contributed by atoms with Crippen LogP contribution in [0.15, 0.2) is 82.8 Å². The van der Waals surface area contributed by atoms with Gasteiger partial charge in [0, 0.05) is 17.0 Å². The first-order valence-electron chi connectivity index (χ1n) is 11.3. The Labute approximate surface area is 220 Å². The molecule has 0 fully saturated rings. The fraction of sp³-hybridized carbons (Fsp3) is 0.148. The number of fused-ring (bicyclic) bond motifs is 1. The maximum Gasteiger partial charge on any atom is 0.264 e. The number of aromatic nitrogens is 1. The zero-order chi connectivity index (χ0) is 26.6. The monoisotopic (exact) mass is 536 g/mol. The van der Waals surface area contributed by atoms with E-state index in [0.29, 0.717) is 22.5 Å². The number of pyridine rings is 1. The van der Waals surface area contributed by atoms with E-state index in [1.165, 1.54) is 18.3 Å². The van der Waals surface area contributed by atoms with Gasteiger partial charge in [0.25, 0.3) is 15.9 Å². The average Bonchev–Trinajstić information content (AvgIpc) is 2.88. The molecule has 0 spiro atoms. The van der Waals surface area contributed by atoms with E-state index in [1.807, 2.05) is 19.1 Å². The summed E-state index contributed by atoms with van der Waals surface area (Å²) < 4.78 is 33.3. The van der Waals surface area contributed by atoms with Gasteiger partial charge in [-0.15, -0.1) is 0 Å². The van der Waals surface area contributed by atoms with Crippen molar-refractivity contribution in [2.24, 2.45) is 5.10 Å². The summed E-state index contributed by atoms with van der Waals surface area (Å²) in [6.45, 7) is 3.25. The Kier molecular flexibility index (Phi) is 7.75. The van der Waals surface area contributed by atoms with Gasteiger partial charge in [0.1, 0.15) is 17.4 Å². The molecular weight excluding hydrogens is 512 g/mol. The molecule has 3 aromatic carbocycles. The number of amides is 1. The first-order valence-corrected chi connectivity index (χ1v) is 13.1. The summed E-state index contributed by atoms with van der Waals surface area (Å²) in [6.07, 6.45) is 1.37. The van der Waals surface area contributed by atoms with Crippen molar-refractivity contribution in [3.63, 3.8) is 0 Å². The average molecular weight is 537 g/mol. The summed E-state index contributed by atoms with van der Waals surface area (Å²) in [5.74, 6) is 0.0360. The molecule has 0 aliphatic rings. The highest BCUT2D eigenvalue weighted by atomic mass is 35.5. The number of hydrogen-bond acceptors (Lipinski definition) is 6. The predicted octanol–water partition coefficient (Wildman–Crippen LogP) is 4.86. The van der Waals surface area contributed by atoms with Crippen molar-refractivity contribution >= 4 is 50.3 Å². The van der Waals surface area contributed by atoms with Crippen LogP contribution in [-0.2, 0) is 14.8 Å². The number of benzene rings is 3. The van der Waals surface area contributed by atoms with E-state index >= 15 is 0 Å². The second-order valence-electron chi connectivity index (χ2n) is 8.33. The van der Waals surface area contributed by atoms with Gasteiger partial charge >= 0.3 is 0 Å². The minimum Gasteiger partial charge on any atom is -0.497 e. The minimum atomic E-state index is -4.02. The van der Waals surface area contributed by atoms with Crippen LogP contribution in [0.4, 0.5) is 5.69 Å². The third kappa shape index (κ3) is 5.90. The number of ether oxygens (including phenoxy) is 1. The smallest absolute Gasteiger partial charge is 0.264 e. The number of aryl methyl sites for hydroxylation is 2. The molecule has 0 radical (unpaired) electrons. The molecule has 4 rings (SSSR count). The van der Waals surface area contributed by atoms with Gasteiger partial charge < -0.3 is 4.74 Å².